The highest BCUT2D eigenvalue weighted by Gasteiger charge is 2.13. The number of ether oxygens (including phenoxy) is 12. The molecular formula is C41H78O13Si. The van der Waals surface area contributed by atoms with Crippen LogP contribution in [0.15, 0.2) is 24.3 Å². The number of aryl methyl sites for hydroxylation is 1. The molecular weight excluding hydrogens is 729 g/mol. The van der Waals surface area contributed by atoms with E-state index in [4.69, 9.17) is 61.3 Å². The fourth-order valence-electron chi connectivity index (χ4n) is 4.79. The second-order valence-corrected chi connectivity index (χ2v) is 18.2. The van der Waals surface area contributed by atoms with Gasteiger partial charge in [-0.25, -0.2) is 0 Å². The predicted octanol–water partition coefficient (Wildman–Crippen LogP) is 6.00. The molecule has 55 heavy (non-hydrogen) atoms. The Balaban J connectivity index is 1.67. The van der Waals surface area contributed by atoms with Crippen LogP contribution in [-0.4, -0.2) is 167 Å². The maximum absolute atomic E-state index is 5.78. The van der Waals surface area contributed by atoms with Crippen molar-refractivity contribution in [3.8, 4) is 5.75 Å². The minimum Gasteiger partial charge on any atom is -0.491 e. The molecule has 0 spiro atoms. The van der Waals surface area contributed by atoms with E-state index in [1.807, 2.05) is 0 Å². The van der Waals surface area contributed by atoms with Crippen molar-refractivity contribution in [3.05, 3.63) is 29.8 Å². The molecule has 0 saturated heterocycles. The van der Waals surface area contributed by atoms with E-state index in [2.05, 4.69) is 50.8 Å². The van der Waals surface area contributed by atoms with Crippen molar-refractivity contribution in [2.45, 2.75) is 71.5 Å². The number of rotatable bonds is 45. The highest BCUT2D eigenvalue weighted by molar-refractivity contribution is 6.69. The Morgan fingerprint density at radius 3 is 0.964 bits per heavy atom. The molecule has 0 saturated carbocycles. The normalized spacial score (nSPS) is 11.9. The first-order valence-electron chi connectivity index (χ1n) is 20.7. The highest BCUT2D eigenvalue weighted by atomic mass is 28.4. The van der Waals surface area contributed by atoms with Crippen LogP contribution >= 0.6 is 0 Å². The monoisotopic (exact) mass is 807 g/mol. The number of unbranched alkanes of at least 4 members (excludes halogenated alkanes) is 5. The SMILES string of the molecule is CCCCCCCCc1ccc(OCCOCCOCCOCCOCCOCCOCCOCCOCCOCCOCCOCCO[Si](C)(C)C)cc1. The van der Waals surface area contributed by atoms with Gasteiger partial charge in [-0.05, 0) is 50.2 Å². The Morgan fingerprint density at radius 2 is 0.636 bits per heavy atom. The van der Waals surface area contributed by atoms with E-state index in [0.717, 1.165) is 12.2 Å². The van der Waals surface area contributed by atoms with Crippen LogP contribution in [0.5, 0.6) is 5.75 Å². The van der Waals surface area contributed by atoms with E-state index in [-0.39, 0.29) is 0 Å². The molecule has 1 aromatic rings. The molecule has 0 fully saturated rings. The molecule has 0 aromatic heterocycles. The molecule has 0 aliphatic rings. The topological polar surface area (TPSA) is 120 Å². The lowest BCUT2D eigenvalue weighted by molar-refractivity contribution is -0.0279. The summed E-state index contributed by atoms with van der Waals surface area (Å²) in [5.74, 6) is 0.885. The highest BCUT2D eigenvalue weighted by Crippen LogP contribution is 2.15. The largest absolute Gasteiger partial charge is 0.491 e. The third kappa shape index (κ3) is 40.7. The van der Waals surface area contributed by atoms with Crippen LogP contribution in [0.4, 0.5) is 0 Å². The minimum atomic E-state index is -1.45. The van der Waals surface area contributed by atoms with Crippen molar-refractivity contribution in [1.82, 2.24) is 0 Å². The van der Waals surface area contributed by atoms with Gasteiger partial charge in [-0.15, -0.1) is 0 Å². The van der Waals surface area contributed by atoms with Gasteiger partial charge in [0, 0.05) is 0 Å². The van der Waals surface area contributed by atoms with E-state index in [1.54, 1.807) is 0 Å². The molecule has 0 aliphatic heterocycles. The van der Waals surface area contributed by atoms with Crippen molar-refractivity contribution in [2.24, 2.45) is 0 Å². The molecule has 0 atom stereocenters. The van der Waals surface area contributed by atoms with Crippen molar-refractivity contribution in [2.75, 3.05) is 159 Å². The van der Waals surface area contributed by atoms with Crippen molar-refractivity contribution < 1.29 is 61.3 Å². The van der Waals surface area contributed by atoms with Gasteiger partial charge in [0.2, 0.25) is 0 Å². The van der Waals surface area contributed by atoms with Crippen LogP contribution in [0.1, 0.15) is 51.0 Å². The average molecular weight is 807 g/mol. The van der Waals surface area contributed by atoms with Gasteiger partial charge >= 0.3 is 0 Å². The van der Waals surface area contributed by atoms with Crippen LogP contribution in [0.3, 0.4) is 0 Å². The first-order chi connectivity index (χ1) is 27.0. The summed E-state index contributed by atoms with van der Waals surface area (Å²) in [6.45, 7) is 21.5. The minimum absolute atomic E-state index is 0.511. The van der Waals surface area contributed by atoms with Gasteiger partial charge in [0.15, 0.2) is 8.32 Å². The van der Waals surface area contributed by atoms with Crippen LogP contribution in [-0.2, 0) is 63.0 Å². The summed E-state index contributed by atoms with van der Waals surface area (Å²) < 4.78 is 72.2. The first kappa shape index (κ1) is 51.8. The van der Waals surface area contributed by atoms with Gasteiger partial charge < -0.3 is 61.3 Å². The van der Waals surface area contributed by atoms with Crippen LogP contribution in [0, 0.1) is 0 Å². The Hall–Kier alpha value is -1.24. The molecule has 324 valence electrons. The molecule has 0 radical (unpaired) electrons. The molecule has 0 N–H and O–H groups in total. The van der Waals surface area contributed by atoms with E-state index >= 15 is 0 Å². The summed E-state index contributed by atoms with van der Waals surface area (Å²) in [4.78, 5) is 0. The number of hydrogen-bond donors (Lipinski definition) is 0. The molecule has 1 aromatic carbocycles. The summed E-state index contributed by atoms with van der Waals surface area (Å²) in [6, 6.07) is 8.44. The smallest absolute Gasteiger partial charge is 0.183 e. The van der Waals surface area contributed by atoms with Crippen molar-refractivity contribution in [1.29, 1.82) is 0 Å². The Kier molecular flexibility index (Phi) is 38.5. The Bertz CT molecular complexity index is 892. The van der Waals surface area contributed by atoms with Crippen LogP contribution < -0.4 is 4.74 Å². The van der Waals surface area contributed by atoms with E-state index < -0.39 is 8.32 Å². The summed E-state index contributed by atoms with van der Waals surface area (Å²) in [5, 5.41) is 0. The fraction of sp³-hybridized carbons (Fsp3) is 0.854. The lowest BCUT2D eigenvalue weighted by Crippen LogP contribution is -2.27. The lowest BCUT2D eigenvalue weighted by atomic mass is 10.0. The molecule has 0 unspecified atom stereocenters. The van der Waals surface area contributed by atoms with Gasteiger partial charge in [0.05, 0.1) is 152 Å². The third-order valence-corrected chi connectivity index (χ3v) is 8.79. The second kappa shape index (κ2) is 40.9. The van der Waals surface area contributed by atoms with Gasteiger partial charge in [0.25, 0.3) is 0 Å². The molecule has 0 bridgehead atoms. The van der Waals surface area contributed by atoms with E-state index in [9.17, 15) is 0 Å². The van der Waals surface area contributed by atoms with E-state index in [0.29, 0.717) is 159 Å². The standard InChI is InChI=1S/C41H78O13Si/c1-5-6-7-8-9-10-11-40-12-14-41(15-13-40)53-38-36-51-34-32-49-30-28-47-26-24-45-22-20-43-18-16-42-17-19-44-21-23-46-25-27-48-29-31-50-33-35-52-37-39-54-55(2,3)4/h12-15H,5-11,16-39H2,1-4H3. The molecule has 0 heterocycles. The Morgan fingerprint density at radius 1 is 0.345 bits per heavy atom. The van der Waals surface area contributed by atoms with Crippen molar-refractivity contribution >= 4 is 8.32 Å². The van der Waals surface area contributed by atoms with Gasteiger partial charge in [0.1, 0.15) is 12.4 Å². The third-order valence-electron chi connectivity index (χ3n) is 7.72. The maximum Gasteiger partial charge on any atom is 0.183 e. The number of hydrogen-bond acceptors (Lipinski definition) is 13. The average Bonchev–Trinajstić information content (AvgIpc) is 3.17. The zero-order valence-electron chi connectivity index (χ0n) is 35.0. The molecule has 14 heteroatoms. The van der Waals surface area contributed by atoms with Gasteiger partial charge in [-0.3, -0.25) is 0 Å². The number of benzene rings is 1. The molecule has 1 rings (SSSR count). The van der Waals surface area contributed by atoms with Crippen LogP contribution in [0.2, 0.25) is 19.6 Å². The van der Waals surface area contributed by atoms with Crippen LogP contribution in [0.25, 0.3) is 0 Å². The summed E-state index contributed by atoms with van der Waals surface area (Å²) in [6.07, 6.45) is 9.09. The zero-order chi connectivity index (χ0) is 39.6. The summed E-state index contributed by atoms with van der Waals surface area (Å²) in [5.41, 5.74) is 1.38. The maximum atomic E-state index is 5.78. The van der Waals surface area contributed by atoms with E-state index in [1.165, 1.54) is 44.1 Å². The fourth-order valence-corrected chi connectivity index (χ4v) is 5.48. The first-order valence-corrected chi connectivity index (χ1v) is 24.1. The molecule has 0 amide bonds. The van der Waals surface area contributed by atoms with Gasteiger partial charge in [-0.2, -0.15) is 0 Å². The van der Waals surface area contributed by atoms with Crippen molar-refractivity contribution in [3.63, 3.8) is 0 Å². The molecule has 13 nitrogen and oxygen atoms in total. The zero-order valence-corrected chi connectivity index (χ0v) is 36.0. The van der Waals surface area contributed by atoms with Gasteiger partial charge in [-0.1, -0.05) is 51.2 Å². The molecule has 0 aliphatic carbocycles. The Labute approximate surface area is 334 Å². The lowest BCUT2D eigenvalue weighted by Gasteiger charge is -2.16. The predicted molar refractivity (Wildman–Crippen MR) is 217 cm³/mol. The second-order valence-electron chi connectivity index (χ2n) is 13.7. The summed E-state index contributed by atoms with van der Waals surface area (Å²) >= 11 is 0. The quantitative estimate of drug-likeness (QED) is 0.0567. The summed E-state index contributed by atoms with van der Waals surface area (Å²) in [7, 11) is -1.45.